The zero-order valence-corrected chi connectivity index (χ0v) is 9.64. The molecule has 0 saturated heterocycles. The Kier molecular flexibility index (Phi) is 3.01. The van der Waals surface area contributed by atoms with Gasteiger partial charge < -0.3 is 5.73 Å². The number of nitrogens with two attached hydrogens (primary N) is 1. The molecule has 0 atom stereocenters. The molecule has 1 aromatic heterocycles. The molecule has 0 aliphatic carbocycles. The Hall–Kier alpha value is -1.68. The summed E-state index contributed by atoms with van der Waals surface area (Å²) in [6, 6.07) is 6.28. The van der Waals surface area contributed by atoms with Crippen LogP contribution < -0.4 is 5.73 Å². The predicted molar refractivity (Wildman–Crippen MR) is 63.6 cm³/mol. The summed E-state index contributed by atoms with van der Waals surface area (Å²) in [6.07, 6.45) is 2.46. The highest BCUT2D eigenvalue weighted by molar-refractivity contribution is 5.41. The first-order valence-corrected chi connectivity index (χ1v) is 5.39. The van der Waals surface area contributed by atoms with Gasteiger partial charge in [-0.15, -0.1) is 0 Å². The fourth-order valence-corrected chi connectivity index (χ4v) is 1.72. The lowest BCUT2D eigenvalue weighted by Gasteiger charge is -2.05. The Balaban J connectivity index is 2.35. The van der Waals surface area contributed by atoms with Crippen molar-refractivity contribution in [1.29, 1.82) is 0 Å². The number of aryl methyl sites for hydroxylation is 2. The Morgan fingerprint density at radius 3 is 2.81 bits per heavy atom. The summed E-state index contributed by atoms with van der Waals surface area (Å²) in [5, 5.41) is 4.39. The molecule has 1 heterocycles. The molecule has 0 amide bonds. The van der Waals surface area contributed by atoms with Crippen molar-refractivity contribution in [2.75, 3.05) is 6.54 Å². The van der Waals surface area contributed by atoms with Crippen LogP contribution in [-0.2, 0) is 6.42 Å². The van der Waals surface area contributed by atoms with E-state index in [4.69, 9.17) is 5.73 Å². The quantitative estimate of drug-likeness (QED) is 0.843. The molecular formula is C12H16N4. The van der Waals surface area contributed by atoms with Crippen LogP contribution in [-0.4, -0.2) is 21.3 Å². The monoisotopic (exact) mass is 216 g/mol. The van der Waals surface area contributed by atoms with E-state index < -0.39 is 0 Å². The van der Waals surface area contributed by atoms with Gasteiger partial charge in [0.15, 0.2) is 5.82 Å². The van der Waals surface area contributed by atoms with E-state index in [-0.39, 0.29) is 0 Å². The first-order chi connectivity index (χ1) is 7.70. The maximum Gasteiger partial charge on any atom is 0.152 e. The first kappa shape index (κ1) is 10.8. The molecule has 0 saturated carbocycles. The molecule has 16 heavy (non-hydrogen) atoms. The average Bonchev–Trinajstić information content (AvgIpc) is 2.67. The lowest BCUT2D eigenvalue weighted by atomic mass is 10.1. The SMILES string of the molecule is Cc1ccc(-n2cnc(CCN)n2)c(C)c1. The number of aromatic nitrogens is 3. The van der Waals surface area contributed by atoms with Crippen LogP contribution in [0, 0.1) is 13.8 Å². The van der Waals surface area contributed by atoms with Gasteiger partial charge >= 0.3 is 0 Å². The van der Waals surface area contributed by atoms with Crippen molar-refractivity contribution in [3.05, 3.63) is 41.5 Å². The Morgan fingerprint density at radius 1 is 1.31 bits per heavy atom. The molecule has 0 unspecified atom stereocenters. The average molecular weight is 216 g/mol. The minimum absolute atomic E-state index is 0.580. The number of hydrogen-bond donors (Lipinski definition) is 1. The van der Waals surface area contributed by atoms with Crippen LogP contribution in [0.2, 0.25) is 0 Å². The fraction of sp³-hybridized carbons (Fsp3) is 0.333. The van der Waals surface area contributed by atoms with Gasteiger partial charge in [-0.1, -0.05) is 17.7 Å². The molecule has 2 N–H and O–H groups in total. The fourth-order valence-electron chi connectivity index (χ4n) is 1.72. The maximum atomic E-state index is 5.47. The van der Waals surface area contributed by atoms with Gasteiger partial charge in [0.2, 0.25) is 0 Å². The van der Waals surface area contributed by atoms with Gasteiger partial charge in [-0.05, 0) is 32.0 Å². The number of hydrogen-bond acceptors (Lipinski definition) is 3. The summed E-state index contributed by atoms with van der Waals surface area (Å²) in [5.41, 5.74) is 8.99. The molecule has 0 fully saturated rings. The van der Waals surface area contributed by atoms with E-state index in [0.29, 0.717) is 6.54 Å². The topological polar surface area (TPSA) is 56.7 Å². The normalized spacial score (nSPS) is 10.7. The van der Waals surface area contributed by atoms with E-state index in [1.165, 1.54) is 11.1 Å². The van der Waals surface area contributed by atoms with E-state index in [1.807, 2.05) is 0 Å². The molecule has 0 bridgehead atoms. The third kappa shape index (κ3) is 2.12. The summed E-state index contributed by atoms with van der Waals surface area (Å²) in [4.78, 5) is 4.22. The third-order valence-corrected chi connectivity index (χ3v) is 2.51. The van der Waals surface area contributed by atoms with E-state index in [9.17, 15) is 0 Å². The van der Waals surface area contributed by atoms with E-state index in [1.54, 1.807) is 11.0 Å². The van der Waals surface area contributed by atoms with Crippen molar-refractivity contribution in [3.8, 4) is 5.69 Å². The summed E-state index contributed by atoms with van der Waals surface area (Å²) >= 11 is 0. The molecular weight excluding hydrogens is 200 g/mol. The number of nitrogens with zero attached hydrogens (tertiary/aromatic N) is 3. The highest BCUT2D eigenvalue weighted by Crippen LogP contribution is 2.14. The second kappa shape index (κ2) is 4.45. The second-order valence-corrected chi connectivity index (χ2v) is 3.93. The minimum Gasteiger partial charge on any atom is -0.330 e. The van der Waals surface area contributed by atoms with Crippen LogP contribution in [0.4, 0.5) is 0 Å². The minimum atomic E-state index is 0.580. The van der Waals surface area contributed by atoms with Gasteiger partial charge in [0.05, 0.1) is 5.69 Å². The van der Waals surface area contributed by atoms with Crippen molar-refractivity contribution in [3.63, 3.8) is 0 Å². The van der Waals surface area contributed by atoms with Crippen LogP contribution >= 0.6 is 0 Å². The highest BCUT2D eigenvalue weighted by Gasteiger charge is 2.04. The van der Waals surface area contributed by atoms with Gasteiger partial charge in [-0.2, -0.15) is 5.10 Å². The first-order valence-electron chi connectivity index (χ1n) is 5.39. The van der Waals surface area contributed by atoms with Crippen LogP contribution in [0.1, 0.15) is 17.0 Å². The molecule has 84 valence electrons. The molecule has 1 aromatic carbocycles. The number of rotatable bonds is 3. The third-order valence-electron chi connectivity index (χ3n) is 2.51. The predicted octanol–water partition coefficient (Wildman–Crippen LogP) is 1.39. The van der Waals surface area contributed by atoms with Crippen molar-refractivity contribution in [2.45, 2.75) is 20.3 Å². The van der Waals surface area contributed by atoms with Gasteiger partial charge in [0.1, 0.15) is 6.33 Å². The van der Waals surface area contributed by atoms with Crippen molar-refractivity contribution >= 4 is 0 Å². The lowest BCUT2D eigenvalue weighted by molar-refractivity contribution is 0.813. The number of benzene rings is 1. The molecule has 0 radical (unpaired) electrons. The molecule has 0 spiro atoms. The van der Waals surface area contributed by atoms with Gasteiger partial charge in [-0.25, -0.2) is 9.67 Å². The van der Waals surface area contributed by atoms with E-state index >= 15 is 0 Å². The molecule has 0 aliphatic rings. The molecule has 2 aromatic rings. The molecule has 2 rings (SSSR count). The molecule has 4 heteroatoms. The molecule has 0 aliphatic heterocycles. The highest BCUT2D eigenvalue weighted by atomic mass is 15.3. The van der Waals surface area contributed by atoms with E-state index in [2.05, 4.69) is 42.1 Å². The van der Waals surface area contributed by atoms with Crippen molar-refractivity contribution in [1.82, 2.24) is 14.8 Å². The van der Waals surface area contributed by atoms with Gasteiger partial charge in [-0.3, -0.25) is 0 Å². The standard InChI is InChI=1S/C12H16N4/c1-9-3-4-11(10(2)7-9)16-8-14-12(15-16)5-6-13/h3-4,7-8H,5-6,13H2,1-2H3. The smallest absolute Gasteiger partial charge is 0.152 e. The van der Waals surface area contributed by atoms with Crippen LogP contribution in [0.5, 0.6) is 0 Å². The van der Waals surface area contributed by atoms with Gasteiger partial charge in [0, 0.05) is 6.42 Å². The maximum absolute atomic E-state index is 5.47. The van der Waals surface area contributed by atoms with Gasteiger partial charge in [0.25, 0.3) is 0 Å². The Labute approximate surface area is 95.1 Å². The summed E-state index contributed by atoms with van der Waals surface area (Å²) in [6.45, 7) is 4.74. The molecule has 4 nitrogen and oxygen atoms in total. The van der Waals surface area contributed by atoms with E-state index in [0.717, 1.165) is 17.9 Å². The van der Waals surface area contributed by atoms with Crippen LogP contribution in [0.3, 0.4) is 0 Å². The second-order valence-electron chi connectivity index (χ2n) is 3.93. The lowest BCUT2D eigenvalue weighted by Crippen LogP contribution is -2.05. The summed E-state index contributed by atoms with van der Waals surface area (Å²) in [5.74, 6) is 0.794. The zero-order valence-electron chi connectivity index (χ0n) is 9.64. The van der Waals surface area contributed by atoms with Crippen LogP contribution in [0.25, 0.3) is 5.69 Å². The van der Waals surface area contributed by atoms with Crippen molar-refractivity contribution < 1.29 is 0 Å². The Morgan fingerprint density at radius 2 is 2.12 bits per heavy atom. The largest absolute Gasteiger partial charge is 0.330 e. The van der Waals surface area contributed by atoms with Crippen molar-refractivity contribution in [2.24, 2.45) is 5.73 Å². The summed E-state index contributed by atoms with van der Waals surface area (Å²) < 4.78 is 1.81. The zero-order chi connectivity index (χ0) is 11.5. The summed E-state index contributed by atoms with van der Waals surface area (Å²) in [7, 11) is 0. The van der Waals surface area contributed by atoms with Crippen LogP contribution in [0.15, 0.2) is 24.5 Å². The Bertz CT molecular complexity index is 488.